The smallest absolute Gasteiger partial charge is 0.140 e. The van der Waals surface area contributed by atoms with Crippen LogP contribution in [0.5, 0.6) is 0 Å². The van der Waals surface area contributed by atoms with Crippen LogP contribution in [0.4, 0.5) is 10.2 Å². The van der Waals surface area contributed by atoms with Gasteiger partial charge in [0.05, 0.1) is 5.52 Å². The third-order valence-electron chi connectivity index (χ3n) is 3.38. The van der Waals surface area contributed by atoms with Gasteiger partial charge in [-0.1, -0.05) is 0 Å². The molecule has 0 saturated carbocycles. The Labute approximate surface area is 105 Å². The third-order valence-corrected chi connectivity index (χ3v) is 3.38. The van der Waals surface area contributed by atoms with E-state index in [1.807, 2.05) is 0 Å². The molecule has 2 heterocycles. The van der Waals surface area contributed by atoms with Gasteiger partial charge in [-0.3, -0.25) is 0 Å². The van der Waals surface area contributed by atoms with E-state index in [0.29, 0.717) is 0 Å². The molecule has 0 N–H and O–H groups in total. The Morgan fingerprint density at radius 3 is 2.67 bits per heavy atom. The van der Waals surface area contributed by atoms with Crippen LogP contribution in [0.25, 0.3) is 10.9 Å². The van der Waals surface area contributed by atoms with E-state index in [-0.39, 0.29) is 5.82 Å². The minimum atomic E-state index is -0.243. The molecule has 94 valence electrons. The minimum absolute atomic E-state index is 0.243. The van der Waals surface area contributed by atoms with Gasteiger partial charge in [0.15, 0.2) is 0 Å². The zero-order chi connectivity index (χ0) is 12.5. The third kappa shape index (κ3) is 2.01. The number of halogens is 1. The van der Waals surface area contributed by atoms with Crippen LogP contribution in [0, 0.1) is 5.82 Å². The van der Waals surface area contributed by atoms with Crippen molar-refractivity contribution in [3.8, 4) is 0 Å². The second kappa shape index (κ2) is 4.49. The molecule has 5 heteroatoms. The van der Waals surface area contributed by atoms with Crippen LogP contribution in [-0.4, -0.2) is 48.1 Å². The Balaban J connectivity index is 2.03. The number of anilines is 1. The molecule has 0 bridgehead atoms. The summed E-state index contributed by atoms with van der Waals surface area (Å²) in [5, 5.41) is 0.794. The molecule has 0 amide bonds. The standard InChI is InChI=1S/C13H15FN4/c1-17-4-6-18(7-5-17)13-11-8-10(14)2-3-12(11)15-9-16-13/h2-3,8-9H,4-7H2,1H3. The quantitative estimate of drug-likeness (QED) is 0.763. The number of rotatable bonds is 1. The van der Waals surface area contributed by atoms with Crippen LogP contribution in [0.2, 0.25) is 0 Å². The molecule has 3 rings (SSSR count). The van der Waals surface area contributed by atoms with Crippen molar-refractivity contribution in [2.45, 2.75) is 0 Å². The fourth-order valence-corrected chi connectivity index (χ4v) is 2.29. The van der Waals surface area contributed by atoms with Gasteiger partial charge in [0.2, 0.25) is 0 Å². The maximum absolute atomic E-state index is 13.4. The first-order valence-electron chi connectivity index (χ1n) is 6.08. The second-order valence-corrected chi connectivity index (χ2v) is 4.65. The molecule has 18 heavy (non-hydrogen) atoms. The van der Waals surface area contributed by atoms with Crippen LogP contribution >= 0.6 is 0 Å². The van der Waals surface area contributed by atoms with Crippen molar-refractivity contribution >= 4 is 16.7 Å². The first-order chi connectivity index (χ1) is 8.74. The van der Waals surface area contributed by atoms with Crippen molar-refractivity contribution in [1.82, 2.24) is 14.9 Å². The largest absolute Gasteiger partial charge is 0.353 e. The minimum Gasteiger partial charge on any atom is -0.353 e. The van der Waals surface area contributed by atoms with Crippen molar-refractivity contribution < 1.29 is 4.39 Å². The molecule has 0 atom stereocenters. The molecule has 1 aromatic carbocycles. The number of nitrogens with zero attached hydrogens (tertiary/aromatic N) is 4. The van der Waals surface area contributed by atoms with E-state index in [2.05, 4.69) is 26.8 Å². The number of likely N-dealkylation sites (N-methyl/N-ethyl adjacent to an activating group) is 1. The lowest BCUT2D eigenvalue weighted by Gasteiger charge is -2.33. The first-order valence-corrected chi connectivity index (χ1v) is 6.08. The molecule has 0 unspecified atom stereocenters. The number of aromatic nitrogens is 2. The van der Waals surface area contributed by atoms with E-state index in [0.717, 1.165) is 42.9 Å². The Morgan fingerprint density at radius 2 is 1.89 bits per heavy atom. The summed E-state index contributed by atoms with van der Waals surface area (Å²) in [5.74, 6) is 0.597. The normalized spacial score (nSPS) is 17.3. The van der Waals surface area contributed by atoms with Crippen LogP contribution in [0.15, 0.2) is 24.5 Å². The highest BCUT2D eigenvalue weighted by Crippen LogP contribution is 2.24. The van der Waals surface area contributed by atoms with Crippen LogP contribution in [0.1, 0.15) is 0 Å². The van der Waals surface area contributed by atoms with E-state index in [4.69, 9.17) is 0 Å². The van der Waals surface area contributed by atoms with Crippen molar-refractivity contribution in [2.75, 3.05) is 38.1 Å². The molecule has 2 aromatic rings. The van der Waals surface area contributed by atoms with Gasteiger partial charge in [-0.15, -0.1) is 0 Å². The summed E-state index contributed by atoms with van der Waals surface area (Å²) in [6, 6.07) is 4.65. The Kier molecular flexibility index (Phi) is 2.83. The lowest BCUT2D eigenvalue weighted by Crippen LogP contribution is -2.44. The van der Waals surface area contributed by atoms with E-state index in [1.165, 1.54) is 12.1 Å². The van der Waals surface area contributed by atoms with Crippen molar-refractivity contribution in [2.24, 2.45) is 0 Å². The highest BCUT2D eigenvalue weighted by atomic mass is 19.1. The summed E-state index contributed by atoms with van der Waals surface area (Å²) >= 11 is 0. The summed E-state index contributed by atoms with van der Waals surface area (Å²) in [5.41, 5.74) is 0.792. The van der Waals surface area contributed by atoms with Gasteiger partial charge < -0.3 is 9.80 Å². The predicted molar refractivity (Wildman–Crippen MR) is 69.2 cm³/mol. The summed E-state index contributed by atoms with van der Waals surface area (Å²) < 4.78 is 13.4. The molecule has 1 aliphatic rings. The molecular weight excluding hydrogens is 231 g/mol. The Morgan fingerprint density at radius 1 is 1.11 bits per heavy atom. The number of fused-ring (bicyclic) bond motifs is 1. The fraction of sp³-hybridized carbons (Fsp3) is 0.385. The maximum atomic E-state index is 13.4. The van der Waals surface area contributed by atoms with Gasteiger partial charge in [-0.2, -0.15) is 0 Å². The summed E-state index contributed by atoms with van der Waals surface area (Å²) in [6.07, 6.45) is 1.55. The summed E-state index contributed by atoms with van der Waals surface area (Å²) in [6.45, 7) is 3.83. The number of benzene rings is 1. The number of hydrogen-bond donors (Lipinski definition) is 0. The van der Waals surface area contributed by atoms with Gasteiger partial charge in [0.25, 0.3) is 0 Å². The van der Waals surface area contributed by atoms with Gasteiger partial charge in [-0.25, -0.2) is 14.4 Å². The molecular formula is C13H15FN4. The number of hydrogen-bond acceptors (Lipinski definition) is 4. The van der Waals surface area contributed by atoms with Crippen molar-refractivity contribution in [3.63, 3.8) is 0 Å². The van der Waals surface area contributed by atoms with Gasteiger partial charge >= 0.3 is 0 Å². The lowest BCUT2D eigenvalue weighted by atomic mass is 10.2. The average molecular weight is 246 g/mol. The molecule has 1 saturated heterocycles. The molecule has 4 nitrogen and oxygen atoms in total. The fourth-order valence-electron chi connectivity index (χ4n) is 2.29. The van der Waals surface area contributed by atoms with E-state index >= 15 is 0 Å². The van der Waals surface area contributed by atoms with Gasteiger partial charge in [-0.05, 0) is 25.2 Å². The van der Waals surface area contributed by atoms with Gasteiger partial charge in [0, 0.05) is 31.6 Å². The highest BCUT2D eigenvalue weighted by Gasteiger charge is 2.17. The van der Waals surface area contributed by atoms with Crippen LogP contribution in [-0.2, 0) is 0 Å². The SMILES string of the molecule is CN1CCN(c2ncnc3ccc(F)cc23)CC1. The first kappa shape index (κ1) is 11.3. The van der Waals surface area contributed by atoms with Crippen LogP contribution < -0.4 is 4.90 Å². The monoisotopic (exact) mass is 246 g/mol. The molecule has 0 radical (unpaired) electrons. The number of piperazine rings is 1. The average Bonchev–Trinajstić information content (AvgIpc) is 2.39. The Bertz CT molecular complexity index is 564. The predicted octanol–water partition coefficient (Wildman–Crippen LogP) is 1.52. The second-order valence-electron chi connectivity index (χ2n) is 4.65. The molecule has 1 fully saturated rings. The Hall–Kier alpha value is -1.75. The molecule has 0 spiro atoms. The maximum Gasteiger partial charge on any atom is 0.140 e. The van der Waals surface area contributed by atoms with Gasteiger partial charge in [0.1, 0.15) is 18.0 Å². The zero-order valence-corrected chi connectivity index (χ0v) is 10.3. The van der Waals surface area contributed by atoms with Crippen LogP contribution in [0.3, 0.4) is 0 Å². The summed E-state index contributed by atoms with van der Waals surface area (Å²) in [4.78, 5) is 13.0. The molecule has 0 aliphatic carbocycles. The van der Waals surface area contributed by atoms with E-state index in [1.54, 1.807) is 12.4 Å². The highest BCUT2D eigenvalue weighted by molar-refractivity contribution is 5.89. The summed E-state index contributed by atoms with van der Waals surface area (Å²) in [7, 11) is 2.11. The van der Waals surface area contributed by atoms with E-state index < -0.39 is 0 Å². The van der Waals surface area contributed by atoms with Crippen molar-refractivity contribution in [1.29, 1.82) is 0 Å². The molecule has 1 aromatic heterocycles. The molecule has 1 aliphatic heterocycles. The van der Waals surface area contributed by atoms with Crippen molar-refractivity contribution in [3.05, 3.63) is 30.3 Å². The van der Waals surface area contributed by atoms with E-state index in [9.17, 15) is 4.39 Å². The zero-order valence-electron chi connectivity index (χ0n) is 10.3. The lowest BCUT2D eigenvalue weighted by molar-refractivity contribution is 0.312. The topological polar surface area (TPSA) is 32.3 Å².